The molecular formula is C7H15NO2. The number of hydrogen-bond donors (Lipinski definition) is 1. The van der Waals surface area contributed by atoms with Gasteiger partial charge in [-0.15, -0.1) is 0 Å². The summed E-state index contributed by atoms with van der Waals surface area (Å²) in [7, 11) is 0. The third-order valence-corrected chi connectivity index (χ3v) is 0.988. The Balaban J connectivity index is 3.80. The lowest BCUT2D eigenvalue weighted by Gasteiger charge is -2.23. The minimum atomic E-state index is -0.310. The fourth-order valence-corrected chi connectivity index (χ4v) is 0.561. The maximum Gasteiger partial charge on any atom is 0.242 e. The summed E-state index contributed by atoms with van der Waals surface area (Å²) in [5, 5.41) is 9.68. The van der Waals surface area contributed by atoms with Gasteiger partial charge in [-0.3, -0.25) is 10.0 Å². The van der Waals surface area contributed by atoms with Crippen LogP contribution in [-0.4, -0.2) is 22.7 Å². The smallest absolute Gasteiger partial charge is 0.242 e. The van der Waals surface area contributed by atoms with E-state index in [0.29, 0.717) is 6.54 Å². The van der Waals surface area contributed by atoms with E-state index in [9.17, 15) is 4.79 Å². The molecule has 0 aliphatic carbocycles. The van der Waals surface area contributed by atoms with Gasteiger partial charge in [0.05, 0.1) is 6.54 Å². The van der Waals surface area contributed by atoms with Gasteiger partial charge in [0, 0.05) is 6.92 Å². The fraction of sp³-hybridized carbons (Fsp3) is 0.857. The van der Waals surface area contributed by atoms with E-state index < -0.39 is 0 Å². The molecule has 0 saturated heterocycles. The average Bonchev–Trinajstić information content (AvgIpc) is 1.60. The number of carbonyl (C=O) groups is 1. The third-order valence-electron chi connectivity index (χ3n) is 0.988. The van der Waals surface area contributed by atoms with Crippen LogP contribution in [0.2, 0.25) is 0 Å². The Morgan fingerprint density at radius 3 is 2.00 bits per heavy atom. The monoisotopic (exact) mass is 145 g/mol. The van der Waals surface area contributed by atoms with E-state index in [4.69, 9.17) is 5.21 Å². The van der Waals surface area contributed by atoms with E-state index >= 15 is 0 Å². The molecule has 60 valence electrons. The standard InChI is InChI=1S/C7H15NO2/c1-6(9)8(10)5-7(2,3)4/h10H,5H2,1-4H3. The van der Waals surface area contributed by atoms with Crippen molar-refractivity contribution in [3.63, 3.8) is 0 Å². The van der Waals surface area contributed by atoms with Crippen molar-refractivity contribution in [3.05, 3.63) is 0 Å². The molecule has 1 N–H and O–H groups in total. The fourth-order valence-electron chi connectivity index (χ4n) is 0.561. The molecule has 0 aromatic rings. The normalized spacial score (nSPS) is 11.3. The zero-order chi connectivity index (χ0) is 8.36. The van der Waals surface area contributed by atoms with Gasteiger partial charge in [0.15, 0.2) is 0 Å². The summed E-state index contributed by atoms with van der Waals surface area (Å²) in [4.78, 5) is 10.5. The van der Waals surface area contributed by atoms with Crippen LogP contribution in [0.4, 0.5) is 0 Å². The molecule has 1 amide bonds. The molecule has 3 nitrogen and oxygen atoms in total. The van der Waals surface area contributed by atoms with Gasteiger partial charge in [-0.05, 0) is 5.41 Å². The number of nitrogens with zero attached hydrogens (tertiary/aromatic N) is 1. The van der Waals surface area contributed by atoms with Crippen molar-refractivity contribution in [2.24, 2.45) is 5.41 Å². The Hall–Kier alpha value is -0.570. The van der Waals surface area contributed by atoms with Crippen molar-refractivity contribution in [2.75, 3.05) is 6.54 Å². The van der Waals surface area contributed by atoms with Crippen molar-refractivity contribution in [3.8, 4) is 0 Å². The summed E-state index contributed by atoms with van der Waals surface area (Å²) in [6.45, 7) is 7.59. The van der Waals surface area contributed by atoms with Crippen LogP contribution in [0.25, 0.3) is 0 Å². The molecule has 0 fully saturated rings. The van der Waals surface area contributed by atoms with Crippen LogP contribution in [0.3, 0.4) is 0 Å². The van der Waals surface area contributed by atoms with E-state index in [1.807, 2.05) is 20.8 Å². The first-order valence-corrected chi connectivity index (χ1v) is 3.30. The van der Waals surface area contributed by atoms with Crippen molar-refractivity contribution in [1.29, 1.82) is 0 Å². The lowest BCUT2D eigenvalue weighted by atomic mass is 9.97. The summed E-state index contributed by atoms with van der Waals surface area (Å²) in [6.07, 6.45) is 0. The van der Waals surface area contributed by atoms with E-state index in [1.54, 1.807) is 0 Å². The van der Waals surface area contributed by atoms with Crippen molar-refractivity contribution in [2.45, 2.75) is 27.7 Å². The summed E-state index contributed by atoms with van der Waals surface area (Å²) in [5.74, 6) is -0.310. The van der Waals surface area contributed by atoms with Crippen LogP contribution in [0.15, 0.2) is 0 Å². The first-order valence-electron chi connectivity index (χ1n) is 3.30. The Kier molecular flexibility index (Phi) is 2.84. The Bertz CT molecular complexity index is 126. The first kappa shape index (κ1) is 9.43. The number of amides is 1. The molecule has 0 unspecified atom stereocenters. The zero-order valence-electron chi connectivity index (χ0n) is 7.01. The Morgan fingerprint density at radius 2 is 1.90 bits per heavy atom. The molecule has 0 rings (SSSR count). The molecular weight excluding hydrogens is 130 g/mol. The highest BCUT2D eigenvalue weighted by atomic mass is 16.5. The van der Waals surface area contributed by atoms with Crippen molar-refractivity contribution in [1.82, 2.24) is 5.06 Å². The lowest BCUT2D eigenvalue weighted by Crippen LogP contribution is -2.33. The minimum absolute atomic E-state index is 0.0413. The van der Waals surface area contributed by atoms with E-state index in [0.717, 1.165) is 5.06 Å². The molecule has 0 radical (unpaired) electrons. The van der Waals surface area contributed by atoms with Crippen molar-refractivity contribution >= 4 is 5.91 Å². The summed E-state index contributed by atoms with van der Waals surface area (Å²) in [5.41, 5.74) is -0.0413. The van der Waals surface area contributed by atoms with Crippen LogP contribution < -0.4 is 0 Å². The minimum Gasteiger partial charge on any atom is -0.286 e. The van der Waals surface area contributed by atoms with Gasteiger partial charge < -0.3 is 0 Å². The van der Waals surface area contributed by atoms with Crippen molar-refractivity contribution < 1.29 is 10.0 Å². The number of rotatable bonds is 1. The first-order chi connectivity index (χ1) is 4.33. The number of hydroxylamine groups is 2. The van der Waals surface area contributed by atoms with E-state index in [2.05, 4.69) is 0 Å². The van der Waals surface area contributed by atoms with Crippen LogP contribution in [-0.2, 0) is 4.79 Å². The molecule has 10 heavy (non-hydrogen) atoms. The number of carbonyl (C=O) groups excluding carboxylic acids is 1. The molecule has 3 heteroatoms. The lowest BCUT2D eigenvalue weighted by molar-refractivity contribution is -0.167. The highest BCUT2D eigenvalue weighted by molar-refractivity contribution is 5.71. The maximum absolute atomic E-state index is 10.5. The summed E-state index contributed by atoms with van der Waals surface area (Å²) >= 11 is 0. The Morgan fingerprint density at radius 1 is 1.50 bits per heavy atom. The van der Waals surface area contributed by atoms with Gasteiger partial charge in [-0.1, -0.05) is 20.8 Å². The molecule has 0 aliphatic rings. The second-order valence-electron chi connectivity index (χ2n) is 3.64. The topological polar surface area (TPSA) is 40.5 Å². The molecule has 0 aliphatic heterocycles. The third kappa shape index (κ3) is 4.32. The second kappa shape index (κ2) is 3.01. The largest absolute Gasteiger partial charge is 0.286 e. The van der Waals surface area contributed by atoms with Gasteiger partial charge in [-0.25, -0.2) is 5.06 Å². The van der Waals surface area contributed by atoms with Gasteiger partial charge in [-0.2, -0.15) is 0 Å². The van der Waals surface area contributed by atoms with Gasteiger partial charge in [0.25, 0.3) is 0 Å². The SMILES string of the molecule is CC(=O)N(O)CC(C)(C)C. The van der Waals surface area contributed by atoms with Gasteiger partial charge in [0.2, 0.25) is 5.91 Å². The zero-order valence-corrected chi connectivity index (χ0v) is 7.01. The molecule has 0 heterocycles. The quantitative estimate of drug-likeness (QED) is 0.446. The highest BCUT2D eigenvalue weighted by Crippen LogP contribution is 2.13. The van der Waals surface area contributed by atoms with E-state index in [-0.39, 0.29) is 11.3 Å². The van der Waals surface area contributed by atoms with Crippen LogP contribution in [0, 0.1) is 5.41 Å². The molecule has 0 saturated carbocycles. The van der Waals surface area contributed by atoms with Crippen LogP contribution >= 0.6 is 0 Å². The molecule has 0 spiro atoms. The predicted octanol–water partition coefficient (Wildman–Crippen LogP) is 1.27. The maximum atomic E-state index is 10.5. The molecule has 0 aromatic heterocycles. The second-order valence-corrected chi connectivity index (χ2v) is 3.64. The molecule has 0 atom stereocenters. The van der Waals surface area contributed by atoms with Gasteiger partial charge >= 0.3 is 0 Å². The molecule has 0 aromatic carbocycles. The summed E-state index contributed by atoms with van der Waals surface area (Å²) in [6, 6.07) is 0. The summed E-state index contributed by atoms with van der Waals surface area (Å²) < 4.78 is 0. The average molecular weight is 145 g/mol. The van der Waals surface area contributed by atoms with E-state index in [1.165, 1.54) is 6.92 Å². The predicted molar refractivity (Wildman–Crippen MR) is 38.6 cm³/mol. The molecule has 0 bridgehead atoms. The highest BCUT2D eigenvalue weighted by Gasteiger charge is 2.16. The van der Waals surface area contributed by atoms with Crippen LogP contribution in [0.1, 0.15) is 27.7 Å². The number of hydrogen-bond acceptors (Lipinski definition) is 2. The van der Waals surface area contributed by atoms with Crippen LogP contribution in [0.5, 0.6) is 0 Å². The Labute approximate surface area is 61.6 Å². The van der Waals surface area contributed by atoms with Gasteiger partial charge in [0.1, 0.15) is 0 Å².